The lowest BCUT2D eigenvalue weighted by atomic mass is 10.1. The molecule has 1 aromatic rings. The third-order valence-corrected chi connectivity index (χ3v) is 3.22. The van der Waals surface area contributed by atoms with Crippen molar-refractivity contribution < 1.29 is 14.3 Å². The highest BCUT2D eigenvalue weighted by Gasteiger charge is 2.11. The summed E-state index contributed by atoms with van der Waals surface area (Å²) in [4.78, 5) is 13.8. The van der Waals surface area contributed by atoms with E-state index in [1.807, 2.05) is 18.2 Å². The minimum Gasteiger partial charge on any atom is -0.491 e. The zero-order valence-electron chi connectivity index (χ0n) is 12.9. The normalized spacial score (nSPS) is 11.1. The maximum absolute atomic E-state index is 11.5. The number of rotatable bonds is 9. The van der Waals surface area contributed by atoms with Crippen molar-refractivity contribution in [3.63, 3.8) is 0 Å². The summed E-state index contributed by atoms with van der Waals surface area (Å²) in [6, 6.07) is 7.81. The molecule has 0 spiro atoms. The Kier molecular flexibility index (Phi) is 7.26. The number of Topliss-reactive ketones (excluding diaryl/α,β-unsaturated/α-hetero) is 1. The molecule has 0 amide bonds. The van der Waals surface area contributed by atoms with Crippen molar-refractivity contribution in [1.82, 2.24) is 4.90 Å². The first-order chi connectivity index (χ1) is 9.56. The molecule has 0 unspecified atom stereocenters. The molecule has 0 heterocycles. The van der Waals surface area contributed by atoms with Gasteiger partial charge in [0.2, 0.25) is 0 Å². The highest BCUT2D eigenvalue weighted by atomic mass is 16.5. The molecule has 0 aromatic heterocycles. The number of ketones is 1. The Morgan fingerprint density at radius 2 is 1.85 bits per heavy atom. The van der Waals surface area contributed by atoms with Gasteiger partial charge < -0.3 is 9.47 Å². The van der Waals surface area contributed by atoms with Crippen LogP contribution in [-0.4, -0.2) is 50.1 Å². The highest BCUT2D eigenvalue weighted by Crippen LogP contribution is 2.18. The van der Waals surface area contributed by atoms with Crippen LogP contribution in [0, 0.1) is 0 Å². The zero-order chi connectivity index (χ0) is 15.0. The summed E-state index contributed by atoms with van der Waals surface area (Å²) >= 11 is 0. The molecule has 0 bridgehead atoms. The van der Waals surface area contributed by atoms with Crippen molar-refractivity contribution in [2.24, 2.45) is 0 Å². The summed E-state index contributed by atoms with van der Waals surface area (Å²) in [5.41, 5.74) is 0.639. The molecule has 0 aliphatic rings. The number of nitrogens with zero attached hydrogens (tertiary/aromatic N) is 1. The third-order valence-electron chi connectivity index (χ3n) is 3.22. The molecule has 0 N–H and O–H groups in total. The van der Waals surface area contributed by atoms with E-state index >= 15 is 0 Å². The van der Waals surface area contributed by atoms with Gasteiger partial charge >= 0.3 is 0 Å². The topological polar surface area (TPSA) is 38.8 Å². The van der Waals surface area contributed by atoms with Gasteiger partial charge in [0.25, 0.3) is 0 Å². The maximum atomic E-state index is 11.5. The summed E-state index contributed by atoms with van der Waals surface area (Å²) < 4.78 is 10.9. The van der Waals surface area contributed by atoms with Crippen LogP contribution < -0.4 is 4.74 Å². The lowest BCUT2D eigenvalue weighted by molar-refractivity contribution is 0.100. The van der Waals surface area contributed by atoms with Gasteiger partial charge in [0.15, 0.2) is 5.78 Å². The Balaban J connectivity index is 2.52. The van der Waals surface area contributed by atoms with Crippen LogP contribution in [0.2, 0.25) is 0 Å². The molecular weight excluding hydrogens is 254 g/mol. The molecule has 1 rings (SSSR count). The molecule has 0 aliphatic carbocycles. The molecule has 4 heteroatoms. The van der Waals surface area contributed by atoms with Gasteiger partial charge in [-0.15, -0.1) is 0 Å². The molecule has 112 valence electrons. The predicted octanol–water partition coefficient (Wildman–Crippen LogP) is 2.62. The largest absolute Gasteiger partial charge is 0.491 e. The molecule has 0 fully saturated rings. The smallest absolute Gasteiger partial charge is 0.163 e. The highest BCUT2D eigenvalue weighted by molar-refractivity contribution is 5.96. The van der Waals surface area contributed by atoms with E-state index in [-0.39, 0.29) is 5.78 Å². The first-order valence-corrected chi connectivity index (χ1v) is 7.02. The minimum absolute atomic E-state index is 0.0284. The van der Waals surface area contributed by atoms with Crippen molar-refractivity contribution in [3.8, 4) is 5.75 Å². The lowest BCUT2D eigenvalue weighted by Gasteiger charge is -2.26. The summed E-state index contributed by atoms with van der Waals surface area (Å²) in [6.45, 7) is 8.83. The predicted molar refractivity (Wildman–Crippen MR) is 80.5 cm³/mol. The number of benzene rings is 1. The fourth-order valence-corrected chi connectivity index (χ4v) is 1.99. The van der Waals surface area contributed by atoms with E-state index in [0.717, 1.165) is 13.1 Å². The Morgan fingerprint density at radius 1 is 1.20 bits per heavy atom. The molecule has 0 aliphatic heterocycles. The average Bonchev–Trinajstić information content (AvgIpc) is 2.42. The number of methoxy groups -OCH3 is 1. The molecular formula is C16H25NO3. The number of para-hydroxylation sites is 1. The monoisotopic (exact) mass is 279 g/mol. The summed E-state index contributed by atoms with van der Waals surface area (Å²) in [6.07, 6.45) is 0. The fraction of sp³-hybridized carbons (Fsp3) is 0.562. The SMILES string of the molecule is COCCN(CCOc1ccccc1C(C)=O)C(C)C. The van der Waals surface area contributed by atoms with Gasteiger partial charge in [-0.25, -0.2) is 0 Å². The fourth-order valence-electron chi connectivity index (χ4n) is 1.99. The molecule has 20 heavy (non-hydrogen) atoms. The molecule has 0 radical (unpaired) electrons. The van der Waals surface area contributed by atoms with Crippen LogP contribution in [0.1, 0.15) is 31.1 Å². The van der Waals surface area contributed by atoms with Crippen LogP contribution in [0.4, 0.5) is 0 Å². The summed E-state index contributed by atoms with van der Waals surface area (Å²) in [5, 5.41) is 0. The summed E-state index contributed by atoms with van der Waals surface area (Å²) in [5.74, 6) is 0.691. The van der Waals surface area contributed by atoms with Gasteiger partial charge in [-0.1, -0.05) is 12.1 Å². The maximum Gasteiger partial charge on any atom is 0.163 e. The van der Waals surface area contributed by atoms with Crippen LogP contribution in [-0.2, 0) is 4.74 Å². The Morgan fingerprint density at radius 3 is 2.45 bits per heavy atom. The van der Waals surface area contributed by atoms with Gasteiger partial charge in [0.1, 0.15) is 12.4 Å². The lowest BCUT2D eigenvalue weighted by Crippen LogP contribution is -2.37. The quantitative estimate of drug-likeness (QED) is 0.651. The first-order valence-electron chi connectivity index (χ1n) is 7.02. The second kappa shape index (κ2) is 8.72. The van der Waals surface area contributed by atoms with Crippen LogP contribution in [0.15, 0.2) is 24.3 Å². The standard InChI is InChI=1S/C16H25NO3/c1-13(2)17(9-11-19-4)10-12-20-16-8-6-5-7-15(16)14(3)18/h5-8,13H,9-12H2,1-4H3. The first kappa shape index (κ1) is 16.7. The molecule has 4 nitrogen and oxygen atoms in total. The van der Waals surface area contributed by atoms with E-state index in [1.165, 1.54) is 0 Å². The van der Waals surface area contributed by atoms with Gasteiger partial charge in [0.05, 0.1) is 12.2 Å². The zero-order valence-corrected chi connectivity index (χ0v) is 12.9. The molecule has 0 saturated carbocycles. The van der Waals surface area contributed by atoms with Crippen molar-refractivity contribution in [1.29, 1.82) is 0 Å². The van der Waals surface area contributed by atoms with E-state index in [4.69, 9.17) is 9.47 Å². The number of hydrogen-bond donors (Lipinski definition) is 0. The van der Waals surface area contributed by atoms with Gasteiger partial charge in [0, 0.05) is 26.2 Å². The van der Waals surface area contributed by atoms with E-state index in [9.17, 15) is 4.79 Å². The van der Waals surface area contributed by atoms with E-state index in [0.29, 0.717) is 30.6 Å². The minimum atomic E-state index is 0.0284. The third kappa shape index (κ3) is 5.31. The Bertz CT molecular complexity index is 418. The number of carbonyl (C=O) groups excluding carboxylic acids is 1. The molecule has 0 atom stereocenters. The van der Waals surface area contributed by atoms with Crippen LogP contribution in [0.5, 0.6) is 5.75 Å². The van der Waals surface area contributed by atoms with Crippen LogP contribution >= 0.6 is 0 Å². The average molecular weight is 279 g/mol. The Hall–Kier alpha value is -1.39. The van der Waals surface area contributed by atoms with E-state index in [2.05, 4.69) is 18.7 Å². The van der Waals surface area contributed by atoms with Crippen molar-refractivity contribution in [2.75, 3.05) is 33.4 Å². The summed E-state index contributed by atoms with van der Waals surface area (Å²) in [7, 11) is 1.71. The molecule has 1 aromatic carbocycles. The second-order valence-electron chi connectivity index (χ2n) is 5.02. The molecule has 0 saturated heterocycles. The van der Waals surface area contributed by atoms with Crippen molar-refractivity contribution >= 4 is 5.78 Å². The van der Waals surface area contributed by atoms with Crippen LogP contribution in [0.25, 0.3) is 0 Å². The number of hydrogen-bond acceptors (Lipinski definition) is 4. The van der Waals surface area contributed by atoms with Crippen LogP contribution in [0.3, 0.4) is 0 Å². The number of ether oxygens (including phenoxy) is 2. The van der Waals surface area contributed by atoms with Gasteiger partial charge in [-0.05, 0) is 32.9 Å². The Labute approximate surface area is 121 Å². The van der Waals surface area contributed by atoms with Crippen molar-refractivity contribution in [3.05, 3.63) is 29.8 Å². The van der Waals surface area contributed by atoms with Gasteiger partial charge in [-0.3, -0.25) is 9.69 Å². The van der Waals surface area contributed by atoms with Crippen molar-refractivity contribution in [2.45, 2.75) is 26.8 Å². The second-order valence-corrected chi connectivity index (χ2v) is 5.02. The van der Waals surface area contributed by atoms with E-state index < -0.39 is 0 Å². The van der Waals surface area contributed by atoms with Gasteiger partial charge in [-0.2, -0.15) is 0 Å². The number of carbonyl (C=O) groups is 1. The van der Waals surface area contributed by atoms with E-state index in [1.54, 1.807) is 20.1 Å².